The normalized spacial score (nSPS) is 9.95. The van der Waals surface area contributed by atoms with Gasteiger partial charge in [0.25, 0.3) is 0 Å². The Morgan fingerprint density at radius 3 is 2.57 bits per heavy atom. The summed E-state index contributed by atoms with van der Waals surface area (Å²) >= 11 is 0. The molecule has 0 aliphatic heterocycles. The second-order valence-corrected chi connectivity index (χ2v) is 4.51. The third-order valence-electron chi connectivity index (χ3n) is 3.02. The number of ether oxygens (including phenoxy) is 1. The van der Waals surface area contributed by atoms with E-state index < -0.39 is 6.09 Å². The van der Waals surface area contributed by atoms with Crippen LogP contribution in [0.2, 0.25) is 0 Å². The number of benzene rings is 2. The highest BCUT2D eigenvalue weighted by atomic mass is 16.5. The lowest BCUT2D eigenvalue weighted by Crippen LogP contribution is -2.23. The topological polar surface area (TPSA) is 55.4 Å². The van der Waals surface area contributed by atoms with Gasteiger partial charge in [-0.3, -0.25) is 4.79 Å². The Balaban J connectivity index is 2.09. The van der Waals surface area contributed by atoms with E-state index in [4.69, 9.17) is 4.74 Å². The van der Waals surface area contributed by atoms with Gasteiger partial charge >= 0.3 is 6.09 Å². The molecule has 0 fully saturated rings. The molecule has 0 aromatic heterocycles. The van der Waals surface area contributed by atoms with Crippen molar-refractivity contribution >= 4 is 12.4 Å². The third-order valence-corrected chi connectivity index (χ3v) is 3.02. The Morgan fingerprint density at radius 2 is 1.90 bits per heavy atom. The highest BCUT2D eigenvalue weighted by Gasteiger charge is 2.03. The van der Waals surface area contributed by atoms with Crippen molar-refractivity contribution in [3.8, 4) is 11.1 Å². The van der Waals surface area contributed by atoms with Gasteiger partial charge in [-0.1, -0.05) is 42.5 Å². The molecule has 108 valence electrons. The van der Waals surface area contributed by atoms with Gasteiger partial charge in [0.15, 0.2) is 0 Å². The predicted molar refractivity (Wildman–Crippen MR) is 81.1 cm³/mol. The van der Waals surface area contributed by atoms with Crippen LogP contribution < -0.4 is 5.32 Å². The van der Waals surface area contributed by atoms with Gasteiger partial charge in [0.1, 0.15) is 6.29 Å². The first-order valence-corrected chi connectivity index (χ1v) is 6.78. The van der Waals surface area contributed by atoms with Crippen LogP contribution >= 0.6 is 0 Å². The molecule has 0 aliphatic carbocycles. The zero-order valence-electron chi connectivity index (χ0n) is 11.8. The minimum Gasteiger partial charge on any atom is -0.450 e. The van der Waals surface area contributed by atoms with Crippen molar-refractivity contribution in [3.05, 3.63) is 59.7 Å². The molecule has 2 rings (SSSR count). The summed E-state index contributed by atoms with van der Waals surface area (Å²) in [6.45, 7) is 2.54. The maximum Gasteiger partial charge on any atom is 0.407 e. The molecule has 4 heteroatoms. The van der Waals surface area contributed by atoms with E-state index in [9.17, 15) is 9.59 Å². The molecule has 2 aromatic carbocycles. The number of carbonyl (C=O) groups excluding carboxylic acids is 2. The summed E-state index contributed by atoms with van der Waals surface area (Å²) in [6, 6.07) is 15.2. The number of alkyl carbamates (subject to hydrolysis) is 1. The third kappa shape index (κ3) is 4.18. The summed E-state index contributed by atoms with van der Waals surface area (Å²) in [5.74, 6) is 0. The molecule has 0 atom stereocenters. The van der Waals surface area contributed by atoms with Crippen molar-refractivity contribution < 1.29 is 14.3 Å². The van der Waals surface area contributed by atoms with E-state index >= 15 is 0 Å². The minimum atomic E-state index is -0.418. The molecular weight excluding hydrogens is 266 g/mol. The fraction of sp³-hybridized carbons (Fsp3) is 0.176. The minimum absolute atomic E-state index is 0.356. The van der Waals surface area contributed by atoms with Gasteiger partial charge in [-0.05, 0) is 29.7 Å². The number of amides is 1. The van der Waals surface area contributed by atoms with E-state index in [2.05, 4.69) is 5.32 Å². The Kier molecular flexibility index (Phi) is 5.10. The molecule has 0 spiro atoms. The lowest BCUT2D eigenvalue weighted by atomic mass is 10.0. The number of nitrogens with one attached hydrogen (secondary N) is 1. The molecule has 2 aromatic rings. The van der Waals surface area contributed by atoms with E-state index in [0.717, 1.165) is 23.0 Å². The lowest BCUT2D eigenvalue weighted by molar-refractivity contribution is 0.112. The largest absolute Gasteiger partial charge is 0.450 e. The van der Waals surface area contributed by atoms with Crippen LogP contribution in [0.5, 0.6) is 0 Å². The van der Waals surface area contributed by atoms with Crippen molar-refractivity contribution in [1.82, 2.24) is 5.32 Å². The summed E-state index contributed by atoms with van der Waals surface area (Å²) in [7, 11) is 0. The smallest absolute Gasteiger partial charge is 0.407 e. The maximum absolute atomic E-state index is 11.3. The summed E-state index contributed by atoms with van der Waals surface area (Å²) in [5.41, 5.74) is 3.70. The highest BCUT2D eigenvalue weighted by Crippen LogP contribution is 2.20. The van der Waals surface area contributed by atoms with Gasteiger partial charge in [0, 0.05) is 12.1 Å². The maximum atomic E-state index is 11.3. The predicted octanol–water partition coefficient (Wildman–Crippen LogP) is 3.41. The Hall–Kier alpha value is -2.62. The molecule has 0 aliphatic rings. The summed E-state index contributed by atoms with van der Waals surface area (Å²) in [5, 5.41) is 2.69. The standard InChI is InChI=1S/C17H17NO3/c1-2-21-17(20)18-11-14-4-3-5-16(10-14)15-8-6-13(12-19)7-9-15/h3-10,12H,2,11H2,1H3,(H,18,20). The van der Waals surface area contributed by atoms with Crippen LogP contribution in [0, 0.1) is 0 Å². The SMILES string of the molecule is CCOC(=O)NCc1cccc(-c2ccc(C=O)cc2)c1. The zero-order chi connectivity index (χ0) is 15.1. The molecule has 4 nitrogen and oxygen atoms in total. The van der Waals surface area contributed by atoms with Gasteiger partial charge < -0.3 is 10.1 Å². The molecule has 0 bridgehead atoms. The van der Waals surface area contributed by atoms with E-state index in [-0.39, 0.29) is 0 Å². The van der Waals surface area contributed by atoms with Gasteiger partial charge in [-0.25, -0.2) is 4.79 Å². The van der Waals surface area contributed by atoms with Gasteiger partial charge in [0.2, 0.25) is 0 Å². The van der Waals surface area contributed by atoms with E-state index in [1.807, 2.05) is 36.4 Å². The average molecular weight is 283 g/mol. The first kappa shape index (κ1) is 14.8. The number of hydrogen-bond donors (Lipinski definition) is 1. The molecule has 0 saturated heterocycles. The van der Waals surface area contributed by atoms with Crippen LogP contribution in [0.3, 0.4) is 0 Å². The first-order chi connectivity index (χ1) is 10.2. The van der Waals surface area contributed by atoms with Crippen LogP contribution in [0.4, 0.5) is 4.79 Å². The Morgan fingerprint density at radius 1 is 1.14 bits per heavy atom. The van der Waals surface area contributed by atoms with Gasteiger partial charge in [-0.15, -0.1) is 0 Å². The fourth-order valence-electron chi connectivity index (χ4n) is 1.97. The molecule has 21 heavy (non-hydrogen) atoms. The van der Waals surface area contributed by atoms with E-state index in [0.29, 0.717) is 18.7 Å². The molecular formula is C17H17NO3. The van der Waals surface area contributed by atoms with Gasteiger partial charge in [-0.2, -0.15) is 0 Å². The average Bonchev–Trinajstić information content (AvgIpc) is 2.54. The number of hydrogen-bond acceptors (Lipinski definition) is 3. The summed E-state index contributed by atoms with van der Waals surface area (Å²) in [6.07, 6.45) is 0.405. The first-order valence-electron chi connectivity index (χ1n) is 6.78. The highest BCUT2D eigenvalue weighted by molar-refractivity contribution is 5.77. The molecule has 1 amide bonds. The van der Waals surface area contributed by atoms with E-state index in [1.165, 1.54) is 0 Å². The van der Waals surface area contributed by atoms with Crippen molar-refractivity contribution in [3.63, 3.8) is 0 Å². The lowest BCUT2D eigenvalue weighted by Gasteiger charge is -2.07. The Bertz CT molecular complexity index is 620. The van der Waals surface area contributed by atoms with Crippen LogP contribution in [0.15, 0.2) is 48.5 Å². The summed E-state index contributed by atoms with van der Waals surface area (Å²) < 4.78 is 4.82. The van der Waals surface area contributed by atoms with Crippen LogP contribution in [0.1, 0.15) is 22.8 Å². The fourth-order valence-corrected chi connectivity index (χ4v) is 1.97. The molecule has 1 N–H and O–H groups in total. The number of carbonyl (C=O) groups is 2. The van der Waals surface area contributed by atoms with Crippen LogP contribution in [0.25, 0.3) is 11.1 Å². The monoisotopic (exact) mass is 283 g/mol. The number of rotatable bonds is 5. The van der Waals surface area contributed by atoms with E-state index in [1.54, 1.807) is 19.1 Å². The van der Waals surface area contributed by atoms with Crippen molar-refractivity contribution in [1.29, 1.82) is 0 Å². The second-order valence-electron chi connectivity index (χ2n) is 4.51. The van der Waals surface area contributed by atoms with Gasteiger partial charge in [0.05, 0.1) is 6.61 Å². The Labute approximate surface area is 123 Å². The molecule has 0 radical (unpaired) electrons. The van der Waals surface area contributed by atoms with Crippen molar-refractivity contribution in [2.75, 3.05) is 6.61 Å². The summed E-state index contributed by atoms with van der Waals surface area (Å²) in [4.78, 5) is 21.9. The zero-order valence-corrected chi connectivity index (χ0v) is 11.8. The second kappa shape index (κ2) is 7.24. The molecule has 0 saturated carbocycles. The molecule has 0 heterocycles. The van der Waals surface area contributed by atoms with Crippen LogP contribution in [-0.2, 0) is 11.3 Å². The quantitative estimate of drug-likeness (QED) is 0.855. The number of aldehydes is 1. The molecule has 0 unspecified atom stereocenters. The van der Waals surface area contributed by atoms with Crippen LogP contribution in [-0.4, -0.2) is 19.0 Å². The van der Waals surface area contributed by atoms with Crippen molar-refractivity contribution in [2.24, 2.45) is 0 Å². The van der Waals surface area contributed by atoms with Crippen molar-refractivity contribution in [2.45, 2.75) is 13.5 Å².